The third-order valence-electron chi connectivity index (χ3n) is 3.09. The maximum absolute atomic E-state index is 12.1. The number of nitrogens with two attached hydrogens (primary N) is 1. The lowest BCUT2D eigenvalue weighted by molar-refractivity contribution is 0.510. The number of hydrogen-bond acceptors (Lipinski definition) is 4. The quantitative estimate of drug-likeness (QED) is 0.828. The van der Waals surface area contributed by atoms with Gasteiger partial charge >= 0.3 is 5.69 Å². The predicted octanol–water partition coefficient (Wildman–Crippen LogP) is -0.183. The van der Waals surface area contributed by atoms with Gasteiger partial charge in [-0.2, -0.15) is 0 Å². The first-order valence-electron chi connectivity index (χ1n) is 6.12. The van der Waals surface area contributed by atoms with E-state index < -0.39 is 5.56 Å². The van der Waals surface area contributed by atoms with E-state index in [4.69, 9.17) is 5.73 Å². The average molecular weight is 263 g/mol. The second kappa shape index (κ2) is 5.13. The highest BCUT2D eigenvalue weighted by Gasteiger charge is 2.08. The first-order valence-corrected chi connectivity index (χ1v) is 6.12. The SMILES string of the molecule is CCn1cc(N)c(=O)n(CCn2ccnc2C)c1=O. The Hall–Kier alpha value is -2.31. The number of aromatic nitrogens is 4. The van der Waals surface area contributed by atoms with Crippen molar-refractivity contribution in [1.82, 2.24) is 18.7 Å². The predicted molar refractivity (Wildman–Crippen MR) is 72.0 cm³/mol. The molecule has 7 heteroatoms. The maximum atomic E-state index is 12.1. The molecule has 0 amide bonds. The third-order valence-corrected chi connectivity index (χ3v) is 3.09. The van der Waals surface area contributed by atoms with E-state index in [1.54, 1.807) is 6.20 Å². The standard InChI is InChI=1S/C12H17N5O2/c1-3-15-8-10(13)11(18)17(12(15)19)7-6-16-5-4-14-9(16)2/h4-5,8H,3,6-7,13H2,1-2H3. The van der Waals surface area contributed by atoms with E-state index in [0.717, 1.165) is 10.4 Å². The molecular weight excluding hydrogens is 246 g/mol. The molecule has 102 valence electrons. The highest BCUT2D eigenvalue weighted by Crippen LogP contribution is 1.96. The van der Waals surface area contributed by atoms with Gasteiger partial charge in [-0.3, -0.25) is 13.9 Å². The van der Waals surface area contributed by atoms with Crippen LogP contribution in [0.15, 0.2) is 28.2 Å². The second-order valence-corrected chi connectivity index (χ2v) is 4.28. The van der Waals surface area contributed by atoms with E-state index in [-0.39, 0.29) is 17.9 Å². The van der Waals surface area contributed by atoms with E-state index in [2.05, 4.69) is 4.98 Å². The van der Waals surface area contributed by atoms with Crippen LogP contribution in [-0.2, 0) is 19.6 Å². The Morgan fingerprint density at radius 2 is 2.00 bits per heavy atom. The molecule has 0 fully saturated rings. The molecule has 0 radical (unpaired) electrons. The normalized spacial score (nSPS) is 10.8. The van der Waals surface area contributed by atoms with Gasteiger partial charge in [-0.05, 0) is 13.8 Å². The van der Waals surface area contributed by atoms with Gasteiger partial charge < -0.3 is 10.3 Å². The Morgan fingerprint density at radius 3 is 2.58 bits per heavy atom. The lowest BCUT2D eigenvalue weighted by Gasteiger charge is -2.11. The van der Waals surface area contributed by atoms with Crippen molar-refractivity contribution in [3.8, 4) is 0 Å². The van der Waals surface area contributed by atoms with Gasteiger partial charge in [-0.15, -0.1) is 0 Å². The fourth-order valence-corrected chi connectivity index (χ4v) is 1.95. The topological polar surface area (TPSA) is 87.8 Å². The van der Waals surface area contributed by atoms with Gasteiger partial charge in [0, 0.05) is 38.2 Å². The Bertz CT molecular complexity index is 695. The minimum Gasteiger partial charge on any atom is -0.393 e. The highest BCUT2D eigenvalue weighted by atomic mass is 16.2. The van der Waals surface area contributed by atoms with Crippen molar-refractivity contribution in [2.75, 3.05) is 5.73 Å². The lowest BCUT2D eigenvalue weighted by Crippen LogP contribution is -2.41. The van der Waals surface area contributed by atoms with Crippen LogP contribution in [0.3, 0.4) is 0 Å². The van der Waals surface area contributed by atoms with Crippen LogP contribution in [0.5, 0.6) is 0 Å². The van der Waals surface area contributed by atoms with Crippen LogP contribution in [0, 0.1) is 6.92 Å². The van der Waals surface area contributed by atoms with E-state index in [1.165, 1.54) is 10.8 Å². The summed E-state index contributed by atoms with van der Waals surface area (Å²) in [5.74, 6) is 0.841. The number of anilines is 1. The number of rotatable bonds is 4. The zero-order valence-electron chi connectivity index (χ0n) is 11.0. The summed E-state index contributed by atoms with van der Waals surface area (Å²) < 4.78 is 4.47. The smallest absolute Gasteiger partial charge is 0.331 e. The highest BCUT2D eigenvalue weighted by molar-refractivity contribution is 5.30. The molecule has 0 atom stereocenters. The van der Waals surface area contributed by atoms with Crippen molar-refractivity contribution in [2.45, 2.75) is 33.5 Å². The monoisotopic (exact) mass is 263 g/mol. The van der Waals surface area contributed by atoms with Crippen molar-refractivity contribution in [3.63, 3.8) is 0 Å². The summed E-state index contributed by atoms with van der Waals surface area (Å²) in [6.07, 6.45) is 4.89. The number of imidazole rings is 1. The summed E-state index contributed by atoms with van der Waals surface area (Å²) in [7, 11) is 0. The molecule has 2 aromatic rings. The van der Waals surface area contributed by atoms with Gasteiger partial charge in [0.15, 0.2) is 0 Å². The fraction of sp³-hybridized carbons (Fsp3) is 0.417. The summed E-state index contributed by atoms with van der Waals surface area (Å²) >= 11 is 0. The third kappa shape index (κ3) is 2.44. The van der Waals surface area contributed by atoms with Gasteiger partial charge in [0.05, 0.1) is 0 Å². The van der Waals surface area contributed by atoms with Gasteiger partial charge in [0.25, 0.3) is 5.56 Å². The Balaban J connectivity index is 2.35. The number of hydrogen-bond donors (Lipinski definition) is 1. The Morgan fingerprint density at radius 1 is 1.26 bits per heavy atom. The van der Waals surface area contributed by atoms with Crippen molar-refractivity contribution in [1.29, 1.82) is 0 Å². The minimum absolute atomic E-state index is 0.0869. The minimum atomic E-state index is -0.438. The zero-order valence-corrected chi connectivity index (χ0v) is 11.0. The molecule has 0 saturated carbocycles. The first-order chi connectivity index (χ1) is 9.04. The van der Waals surface area contributed by atoms with Gasteiger partial charge in [0.1, 0.15) is 11.5 Å². The first kappa shape index (κ1) is 13.1. The fourth-order valence-electron chi connectivity index (χ4n) is 1.95. The van der Waals surface area contributed by atoms with Crippen molar-refractivity contribution < 1.29 is 0 Å². The molecule has 0 saturated heterocycles. The van der Waals surface area contributed by atoms with Gasteiger partial charge in [-0.25, -0.2) is 9.78 Å². The molecule has 2 aromatic heterocycles. The van der Waals surface area contributed by atoms with Gasteiger partial charge in [-0.1, -0.05) is 0 Å². The average Bonchev–Trinajstić information content (AvgIpc) is 2.79. The number of aryl methyl sites for hydroxylation is 3. The van der Waals surface area contributed by atoms with Crippen molar-refractivity contribution >= 4 is 5.69 Å². The molecule has 19 heavy (non-hydrogen) atoms. The molecule has 0 aliphatic heterocycles. The molecule has 2 rings (SSSR count). The van der Waals surface area contributed by atoms with Crippen LogP contribution < -0.4 is 17.0 Å². The maximum Gasteiger partial charge on any atom is 0.331 e. The molecular formula is C12H17N5O2. The molecule has 0 aliphatic rings. The van der Waals surface area contributed by atoms with E-state index in [1.807, 2.05) is 24.6 Å². The molecule has 0 bridgehead atoms. The van der Waals surface area contributed by atoms with Crippen LogP contribution in [0.25, 0.3) is 0 Å². The summed E-state index contributed by atoms with van der Waals surface area (Å²) in [6.45, 7) is 4.96. The second-order valence-electron chi connectivity index (χ2n) is 4.28. The molecule has 0 unspecified atom stereocenters. The molecule has 0 aliphatic carbocycles. The van der Waals surface area contributed by atoms with E-state index in [9.17, 15) is 9.59 Å². The van der Waals surface area contributed by atoms with Crippen LogP contribution >= 0.6 is 0 Å². The summed E-state index contributed by atoms with van der Waals surface area (Å²) in [5, 5.41) is 0. The molecule has 0 aromatic carbocycles. The molecule has 0 spiro atoms. The summed E-state index contributed by atoms with van der Waals surface area (Å²) in [4.78, 5) is 28.1. The van der Waals surface area contributed by atoms with Crippen LogP contribution in [-0.4, -0.2) is 18.7 Å². The van der Waals surface area contributed by atoms with E-state index >= 15 is 0 Å². The van der Waals surface area contributed by atoms with Crippen molar-refractivity contribution in [3.05, 3.63) is 45.3 Å². The molecule has 2 heterocycles. The largest absolute Gasteiger partial charge is 0.393 e. The van der Waals surface area contributed by atoms with Crippen LogP contribution in [0.2, 0.25) is 0 Å². The van der Waals surface area contributed by atoms with Crippen molar-refractivity contribution in [2.24, 2.45) is 0 Å². The lowest BCUT2D eigenvalue weighted by atomic mass is 10.4. The summed E-state index contributed by atoms with van der Waals surface area (Å²) in [6, 6.07) is 0. The molecule has 7 nitrogen and oxygen atoms in total. The number of nitrogens with zero attached hydrogens (tertiary/aromatic N) is 4. The Labute approximate surface area is 109 Å². The Kier molecular flexibility index (Phi) is 3.55. The molecule has 2 N–H and O–H groups in total. The zero-order chi connectivity index (χ0) is 14.0. The van der Waals surface area contributed by atoms with E-state index in [0.29, 0.717) is 13.1 Å². The van der Waals surface area contributed by atoms with Crippen LogP contribution in [0.4, 0.5) is 5.69 Å². The van der Waals surface area contributed by atoms with Crippen LogP contribution in [0.1, 0.15) is 12.7 Å². The van der Waals surface area contributed by atoms with Gasteiger partial charge in [0.2, 0.25) is 0 Å². The number of nitrogen functional groups attached to an aromatic ring is 1. The summed E-state index contributed by atoms with van der Waals surface area (Å²) in [5.41, 5.74) is 4.95.